The molecular weight excluding hydrogens is 328 g/mol. The molecule has 0 aliphatic carbocycles. The van der Waals surface area contributed by atoms with Crippen molar-refractivity contribution < 1.29 is 9.59 Å². The Morgan fingerprint density at radius 3 is 2.00 bits per heavy atom. The van der Waals surface area contributed by atoms with E-state index in [4.69, 9.17) is 0 Å². The van der Waals surface area contributed by atoms with Gasteiger partial charge in [0.15, 0.2) is 11.6 Å². The molecule has 128 valence electrons. The average molecular weight is 348 g/mol. The van der Waals surface area contributed by atoms with Crippen LogP contribution in [0.4, 0.5) is 11.9 Å². The number of carbonyl (C=O) groups is 2. The number of amides is 1. The van der Waals surface area contributed by atoms with Gasteiger partial charge in [-0.3, -0.25) is 9.59 Å². The highest BCUT2D eigenvalue weighted by atomic mass is 32.1. The quantitative estimate of drug-likeness (QED) is 0.784. The molecule has 9 heteroatoms. The lowest BCUT2D eigenvalue weighted by atomic mass is 10.3. The Morgan fingerprint density at radius 2 is 1.54 bits per heavy atom. The van der Waals surface area contributed by atoms with E-state index in [0.29, 0.717) is 27.5 Å². The maximum absolute atomic E-state index is 12.2. The molecule has 0 unspecified atom stereocenters. The zero-order chi connectivity index (χ0) is 17.9. The van der Waals surface area contributed by atoms with E-state index in [9.17, 15) is 9.59 Å². The summed E-state index contributed by atoms with van der Waals surface area (Å²) in [5.41, 5.74) is 0. The summed E-state index contributed by atoms with van der Waals surface area (Å²) in [7, 11) is 7.36. The zero-order valence-corrected chi connectivity index (χ0v) is 15.1. The predicted molar refractivity (Wildman–Crippen MR) is 94.0 cm³/mol. The lowest BCUT2D eigenvalue weighted by molar-refractivity contribution is 0.0953. The molecule has 8 nitrogen and oxygen atoms in total. The summed E-state index contributed by atoms with van der Waals surface area (Å²) in [6, 6.07) is 3.29. The van der Waals surface area contributed by atoms with Gasteiger partial charge in [-0.15, -0.1) is 11.3 Å². The summed E-state index contributed by atoms with van der Waals surface area (Å²) in [5.74, 6) is 1.20. The molecule has 0 fully saturated rings. The van der Waals surface area contributed by atoms with Crippen LogP contribution in [0.2, 0.25) is 0 Å². The Labute approximate surface area is 144 Å². The molecule has 0 spiro atoms. The first-order chi connectivity index (χ1) is 11.3. The topological polar surface area (TPSA) is 91.3 Å². The van der Waals surface area contributed by atoms with Gasteiger partial charge >= 0.3 is 0 Å². The SMILES string of the molecule is CC(=O)c1ccc(C(=O)NCc2nc(N(C)C)nc(N(C)C)n2)s1. The second-order valence-corrected chi connectivity index (χ2v) is 6.63. The molecule has 0 saturated heterocycles. The van der Waals surface area contributed by atoms with E-state index >= 15 is 0 Å². The fourth-order valence-corrected chi connectivity index (χ4v) is 2.59. The Kier molecular flexibility index (Phi) is 5.45. The van der Waals surface area contributed by atoms with Gasteiger partial charge in [0.25, 0.3) is 5.91 Å². The normalized spacial score (nSPS) is 10.4. The van der Waals surface area contributed by atoms with E-state index in [1.54, 1.807) is 21.9 Å². The Balaban J connectivity index is 2.12. The van der Waals surface area contributed by atoms with Gasteiger partial charge in [0.05, 0.1) is 16.3 Å². The molecule has 2 aromatic rings. The van der Waals surface area contributed by atoms with Crippen molar-refractivity contribution in [2.24, 2.45) is 0 Å². The fraction of sp³-hybridized carbons (Fsp3) is 0.400. The monoisotopic (exact) mass is 348 g/mol. The average Bonchev–Trinajstić information content (AvgIpc) is 3.02. The minimum absolute atomic E-state index is 0.0530. The smallest absolute Gasteiger partial charge is 0.261 e. The molecule has 24 heavy (non-hydrogen) atoms. The van der Waals surface area contributed by atoms with Gasteiger partial charge in [-0.1, -0.05) is 0 Å². The van der Waals surface area contributed by atoms with Crippen LogP contribution in [0.3, 0.4) is 0 Å². The molecule has 0 bridgehead atoms. The molecule has 2 heterocycles. The van der Waals surface area contributed by atoms with Gasteiger partial charge in [-0.2, -0.15) is 15.0 Å². The van der Waals surface area contributed by atoms with Crippen LogP contribution in [0.5, 0.6) is 0 Å². The van der Waals surface area contributed by atoms with Gasteiger partial charge in [-0.05, 0) is 19.1 Å². The minimum atomic E-state index is -0.259. The van der Waals surface area contributed by atoms with Crippen molar-refractivity contribution in [1.82, 2.24) is 20.3 Å². The first kappa shape index (κ1) is 17.8. The molecule has 0 aliphatic heterocycles. The number of hydrogen-bond donors (Lipinski definition) is 1. The molecule has 0 saturated carbocycles. The summed E-state index contributed by atoms with van der Waals surface area (Å²) >= 11 is 1.17. The number of thiophene rings is 1. The highest BCUT2D eigenvalue weighted by Crippen LogP contribution is 2.17. The first-order valence-electron chi connectivity index (χ1n) is 7.26. The molecule has 0 aromatic carbocycles. The summed E-state index contributed by atoms with van der Waals surface area (Å²) in [5, 5.41) is 2.77. The van der Waals surface area contributed by atoms with E-state index in [1.165, 1.54) is 18.3 Å². The Morgan fingerprint density at radius 1 is 1.00 bits per heavy atom. The van der Waals surface area contributed by atoms with E-state index in [1.807, 2.05) is 28.2 Å². The number of aromatic nitrogens is 3. The van der Waals surface area contributed by atoms with Gasteiger partial charge in [-0.25, -0.2) is 0 Å². The molecule has 1 N–H and O–H groups in total. The van der Waals surface area contributed by atoms with E-state index in [-0.39, 0.29) is 18.2 Å². The van der Waals surface area contributed by atoms with Crippen molar-refractivity contribution in [3.8, 4) is 0 Å². The maximum Gasteiger partial charge on any atom is 0.261 e. The van der Waals surface area contributed by atoms with Gasteiger partial charge in [0.1, 0.15) is 0 Å². The lowest BCUT2D eigenvalue weighted by Gasteiger charge is -2.16. The molecule has 0 atom stereocenters. The second kappa shape index (κ2) is 7.35. The minimum Gasteiger partial charge on any atom is -0.347 e. The molecule has 2 rings (SSSR count). The van der Waals surface area contributed by atoms with Crippen LogP contribution in [0.15, 0.2) is 12.1 Å². The highest BCUT2D eigenvalue weighted by Gasteiger charge is 2.14. The van der Waals surface area contributed by atoms with Crippen LogP contribution in [-0.2, 0) is 6.54 Å². The lowest BCUT2D eigenvalue weighted by Crippen LogP contribution is -2.25. The van der Waals surface area contributed by atoms with Gasteiger partial charge in [0, 0.05) is 28.2 Å². The second-order valence-electron chi connectivity index (χ2n) is 5.54. The summed E-state index contributed by atoms with van der Waals surface area (Å²) in [4.78, 5) is 41.1. The third-order valence-electron chi connectivity index (χ3n) is 3.04. The summed E-state index contributed by atoms with van der Waals surface area (Å²) < 4.78 is 0. The number of carbonyl (C=O) groups excluding carboxylic acids is 2. The number of nitrogens with one attached hydrogen (secondary N) is 1. The third kappa shape index (κ3) is 4.25. The Hall–Kier alpha value is -2.55. The summed E-state index contributed by atoms with van der Waals surface area (Å²) in [6.07, 6.45) is 0. The van der Waals surface area contributed by atoms with Gasteiger partial charge in [0.2, 0.25) is 11.9 Å². The number of anilines is 2. The van der Waals surface area contributed by atoms with Crippen LogP contribution in [0.25, 0.3) is 0 Å². The Bertz CT molecular complexity index is 730. The first-order valence-corrected chi connectivity index (χ1v) is 8.08. The van der Waals surface area contributed by atoms with Crippen molar-refractivity contribution in [2.75, 3.05) is 38.0 Å². The van der Waals surface area contributed by atoms with E-state index in [2.05, 4.69) is 20.3 Å². The van der Waals surface area contributed by atoms with Crippen LogP contribution < -0.4 is 15.1 Å². The van der Waals surface area contributed by atoms with E-state index < -0.39 is 0 Å². The van der Waals surface area contributed by atoms with Crippen LogP contribution >= 0.6 is 11.3 Å². The van der Waals surface area contributed by atoms with E-state index in [0.717, 1.165) is 0 Å². The standard InChI is InChI=1S/C15H20N6O2S/c1-9(22)10-6-7-11(24-10)13(23)16-8-12-17-14(20(2)3)19-15(18-12)21(4)5/h6-7H,8H2,1-5H3,(H,16,23). The largest absolute Gasteiger partial charge is 0.347 e. The zero-order valence-electron chi connectivity index (χ0n) is 14.3. The van der Waals surface area contributed by atoms with Crippen molar-refractivity contribution >= 4 is 34.9 Å². The molecular formula is C15H20N6O2S. The van der Waals surface area contributed by atoms with Crippen LogP contribution in [-0.4, -0.2) is 54.8 Å². The maximum atomic E-state index is 12.2. The van der Waals surface area contributed by atoms with Crippen LogP contribution in [0, 0.1) is 0 Å². The predicted octanol–water partition coefficient (Wildman–Crippen LogP) is 1.20. The highest BCUT2D eigenvalue weighted by molar-refractivity contribution is 7.15. The van der Waals surface area contributed by atoms with Crippen molar-refractivity contribution in [1.29, 1.82) is 0 Å². The van der Waals surface area contributed by atoms with Crippen molar-refractivity contribution in [2.45, 2.75) is 13.5 Å². The fourth-order valence-electron chi connectivity index (χ4n) is 1.77. The number of Topliss-reactive ketones (excluding diaryl/α,β-unsaturated/α-hetero) is 1. The molecule has 1 amide bonds. The number of nitrogens with zero attached hydrogens (tertiary/aromatic N) is 5. The third-order valence-corrected chi connectivity index (χ3v) is 4.23. The summed E-state index contributed by atoms with van der Waals surface area (Å²) in [6.45, 7) is 1.65. The van der Waals surface area contributed by atoms with Gasteiger partial charge < -0.3 is 15.1 Å². The van der Waals surface area contributed by atoms with Crippen LogP contribution in [0.1, 0.15) is 32.1 Å². The number of rotatable bonds is 6. The number of hydrogen-bond acceptors (Lipinski definition) is 8. The molecule has 0 aliphatic rings. The molecule has 0 radical (unpaired) electrons. The molecule has 2 aromatic heterocycles. The number of ketones is 1. The van der Waals surface area contributed by atoms with Crippen molar-refractivity contribution in [3.05, 3.63) is 27.7 Å². The van der Waals surface area contributed by atoms with Crippen molar-refractivity contribution in [3.63, 3.8) is 0 Å².